The molecule has 0 saturated heterocycles. The van der Waals surface area contributed by atoms with Crippen molar-refractivity contribution in [2.45, 2.75) is 45.9 Å². The van der Waals surface area contributed by atoms with Gasteiger partial charge in [0, 0.05) is 0 Å². The summed E-state index contributed by atoms with van der Waals surface area (Å²) < 4.78 is 7.61. The lowest BCUT2D eigenvalue weighted by molar-refractivity contribution is -0.0885. The molecule has 7 heteroatoms. The summed E-state index contributed by atoms with van der Waals surface area (Å²) in [6.45, 7) is 6.18. The molecular weight excluding hydrogens is 320 g/mol. The number of aliphatic hydroxyl groups is 1. The lowest BCUT2D eigenvalue weighted by Crippen LogP contribution is -2.41. The average Bonchev–Trinajstić information content (AvgIpc) is 3.18. The molecule has 2 unspecified atom stereocenters. The van der Waals surface area contributed by atoms with Crippen LogP contribution in [0, 0.1) is 5.41 Å². The highest BCUT2D eigenvalue weighted by Gasteiger charge is 2.38. The number of oxime groups is 1. The minimum absolute atomic E-state index is 0.290. The number of hydrogen-bond donors (Lipinski definition) is 1. The van der Waals surface area contributed by atoms with Crippen LogP contribution in [0.2, 0.25) is 0 Å². The van der Waals surface area contributed by atoms with E-state index in [1.807, 2.05) is 24.3 Å². The SMILES string of the molecule is CCC(C)(CC)C(O)C(Oc1ccc(/C=N/OC)cc1)n1cncn1. The zero-order valence-electron chi connectivity index (χ0n) is 15.2. The first kappa shape index (κ1) is 18.9. The summed E-state index contributed by atoms with van der Waals surface area (Å²) in [6.07, 6.45) is 4.85. The highest BCUT2D eigenvalue weighted by Crippen LogP contribution is 2.36. The smallest absolute Gasteiger partial charge is 0.219 e. The van der Waals surface area contributed by atoms with E-state index in [9.17, 15) is 5.11 Å². The number of benzene rings is 1. The summed E-state index contributed by atoms with van der Waals surface area (Å²) in [6, 6.07) is 7.37. The van der Waals surface area contributed by atoms with E-state index < -0.39 is 12.3 Å². The summed E-state index contributed by atoms with van der Waals surface area (Å²) in [5.74, 6) is 0.628. The molecule has 0 radical (unpaired) electrons. The average molecular weight is 346 g/mol. The van der Waals surface area contributed by atoms with Crippen molar-refractivity contribution in [1.82, 2.24) is 14.8 Å². The van der Waals surface area contributed by atoms with Crippen LogP contribution in [0.4, 0.5) is 0 Å². The van der Waals surface area contributed by atoms with Crippen molar-refractivity contribution in [3.8, 4) is 5.75 Å². The first-order valence-corrected chi connectivity index (χ1v) is 8.39. The zero-order valence-corrected chi connectivity index (χ0v) is 15.2. The maximum absolute atomic E-state index is 11.0. The van der Waals surface area contributed by atoms with Gasteiger partial charge in [0.1, 0.15) is 31.6 Å². The van der Waals surface area contributed by atoms with Crippen molar-refractivity contribution in [1.29, 1.82) is 0 Å². The van der Waals surface area contributed by atoms with Crippen molar-refractivity contribution in [3.63, 3.8) is 0 Å². The molecule has 136 valence electrons. The molecule has 0 aliphatic carbocycles. The Labute approximate surface area is 148 Å². The molecule has 1 heterocycles. The molecule has 0 aliphatic heterocycles. The van der Waals surface area contributed by atoms with Gasteiger partial charge < -0.3 is 14.7 Å². The molecule has 0 bridgehead atoms. The summed E-state index contributed by atoms with van der Waals surface area (Å²) in [5.41, 5.74) is 0.598. The predicted octanol–water partition coefficient (Wildman–Crippen LogP) is 3.02. The minimum atomic E-state index is -0.737. The highest BCUT2D eigenvalue weighted by molar-refractivity contribution is 5.79. The number of aliphatic hydroxyl groups excluding tert-OH is 1. The fraction of sp³-hybridized carbons (Fsp3) is 0.500. The van der Waals surface area contributed by atoms with Crippen LogP contribution in [0.5, 0.6) is 5.75 Å². The molecule has 0 aliphatic rings. The third-order valence-corrected chi connectivity index (χ3v) is 4.74. The molecular formula is C18H26N4O3. The summed E-state index contributed by atoms with van der Waals surface area (Å²) in [7, 11) is 1.50. The van der Waals surface area contributed by atoms with Gasteiger partial charge in [0.15, 0.2) is 0 Å². The van der Waals surface area contributed by atoms with E-state index in [4.69, 9.17) is 4.74 Å². The fourth-order valence-electron chi connectivity index (χ4n) is 2.51. The third kappa shape index (κ3) is 4.57. The largest absolute Gasteiger partial charge is 0.466 e. The highest BCUT2D eigenvalue weighted by atomic mass is 16.6. The van der Waals surface area contributed by atoms with Gasteiger partial charge in [-0.05, 0) is 48.1 Å². The van der Waals surface area contributed by atoms with Gasteiger partial charge in [-0.1, -0.05) is 25.9 Å². The number of rotatable bonds is 9. The van der Waals surface area contributed by atoms with Crippen LogP contribution in [-0.4, -0.2) is 39.3 Å². The molecule has 0 amide bonds. The quantitative estimate of drug-likeness (QED) is 0.557. The number of ether oxygens (including phenoxy) is 1. The van der Waals surface area contributed by atoms with Gasteiger partial charge in [0.05, 0.1) is 6.21 Å². The molecule has 0 fully saturated rings. The van der Waals surface area contributed by atoms with Crippen LogP contribution < -0.4 is 4.74 Å². The fourth-order valence-corrected chi connectivity index (χ4v) is 2.51. The zero-order chi connectivity index (χ0) is 18.3. The number of aromatic nitrogens is 3. The van der Waals surface area contributed by atoms with Gasteiger partial charge in [-0.15, -0.1) is 0 Å². The second-order valence-corrected chi connectivity index (χ2v) is 6.18. The Bertz CT molecular complexity index is 651. The molecule has 0 spiro atoms. The minimum Gasteiger partial charge on any atom is -0.466 e. The van der Waals surface area contributed by atoms with Crippen molar-refractivity contribution < 1.29 is 14.7 Å². The first-order valence-electron chi connectivity index (χ1n) is 8.39. The summed E-state index contributed by atoms with van der Waals surface area (Å²) in [4.78, 5) is 8.65. The lowest BCUT2D eigenvalue weighted by Gasteiger charge is -2.37. The molecule has 1 aromatic carbocycles. The van der Waals surface area contributed by atoms with E-state index in [2.05, 4.69) is 40.8 Å². The Morgan fingerprint density at radius 1 is 1.28 bits per heavy atom. The molecule has 1 N–H and O–H groups in total. The second-order valence-electron chi connectivity index (χ2n) is 6.18. The van der Waals surface area contributed by atoms with E-state index in [0.717, 1.165) is 18.4 Å². The van der Waals surface area contributed by atoms with E-state index in [1.54, 1.807) is 17.2 Å². The van der Waals surface area contributed by atoms with E-state index >= 15 is 0 Å². The Morgan fingerprint density at radius 3 is 2.48 bits per heavy atom. The maximum Gasteiger partial charge on any atom is 0.219 e. The third-order valence-electron chi connectivity index (χ3n) is 4.74. The first-order chi connectivity index (χ1) is 12.0. The van der Waals surface area contributed by atoms with Crippen molar-refractivity contribution in [3.05, 3.63) is 42.5 Å². The van der Waals surface area contributed by atoms with Crippen LogP contribution in [0.3, 0.4) is 0 Å². The molecule has 2 atom stereocenters. The van der Waals surface area contributed by atoms with Crippen molar-refractivity contribution in [2.75, 3.05) is 7.11 Å². The summed E-state index contributed by atoms with van der Waals surface area (Å²) in [5, 5.41) is 18.9. The van der Waals surface area contributed by atoms with Gasteiger partial charge in [-0.3, -0.25) is 0 Å². The van der Waals surface area contributed by atoms with Crippen LogP contribution >= 0.6 is 0 Å². The predicted molar refractivity (Wildman–Crippen MR) is 95.4 cm³/mol. The normalized spacial score (nSPS) is 14.4. The molecule has 0 saturated carbocycles. The van der Waals surface area contributed by atoms with Crippen molar-refractivity contribution >= 4 is 6.21 Å². The standard InChI is InChI=1S/C18H26N4O3/c1-5-18(3,6-2)16(23)17(22-13-19-12-20-22)25-15-9-7-14(8-10-15)11-21-24-4/h7-13,16-17,23H,5-6H2,1-4H3/b21-11+. The van der Waals surface area contributed by atoms with E-state index in [1.165, 1.54) is 13.4 Å². The van der Waals surface area contributed by atoms with Crippen LogP contribution in [0.25, 0.3) is 0 Å². The molecule has 25 heavy (non-hydrogen) atoms. The molecule has 2 rings (SSSR count). The Morgan fingerprint density at radius 2 is 1.96 bits per heavy atom. The topological polar surface area (TPSA) is 81.8 Å². The monoisotopic (exact) mass is 346 g/mol. The van der Waals surface area contributed by atoms with Gasteiger partial charge in [0.25, 0.3) is 0 Å². The number of nitrogens with zero attached hydrogens (tertiary/aromatic N) is 4. The van der Waals surface area contributed by atoms with Gasteiger partial charge in [-0.2, -0.15) is 5.10 Å². The summed E-state index contributed by atoms with van der Waals surface area (Å²) >= 11 is 0. The molecule has 1 aromatic heterocycles. The Hall–Kier alpha value is -2.41. The van der Waals surface area contributed by atoms with Crippen molar-refractivity contribution in [2.24, 2.45) is 10.6 Å². The van der Waals surface area contributed by atoms with Crippen LogP contribution in [-0.2, 0) is 4.84 Å². The second kappa shape index (κ2) is 8.62. The maximum atomic E-state index is 11.0. The van der Waals surface area contributed by atoms with Gasteiger partial charge >= 0.3 is 0 Å². The van der Waals surface area contributed by atoms with Gasteiger partial charge in [-0.25, -0.2) is 9.67 Å². The van der Waals surface area contributed by atoms with Gasteiger partial charge in [0.2, 0.25) is 6.23 Å². The molecule has 7 nitrogen and oxygen atoms in total. The Balaban J connectivity index is 2.24. The van der Waals surface area contributed by atoms with E-state index in [-0.39, 0.29) is 5.41 Å². The lowest BCUT2D eigenvalue weighted by atomic mass is 9.78. The molecule has 2 aromatic rings. The van der Waals surface area contributed by atoms with Crippen LogP contribution in [0.15, 0.2) is 42.1 Å². The number of hydrogen-bond acceptors (Lipinski definition) is 6. The Kier molecular flexibility index (Phi) is 6.52. The van der Waals surface area contributed by atoms with Crippen LogP contribution in [0.1, 0.15) is 45.4 Å². The van der Waals surface area contributed by atoms with E-state index in [0.29, 0.717) is 5.75 Å².